The van der Waals surface area contributed by atoms with Gasteiger partial charge in [0.1, 0.15) is 0 Å². The maximum atomic E-state index is 6.08. The fourth-order valence-corrected chi connectivity index (χ4v) is 2.70. The minimum atomic E-state index is 0.492. The highest BCUT2D eigenvalue weighted by Crippen LogP contribution is 2.31. The summed E-state index contributed by atoms with van der Waals surface area (Å²) in [5.41, 5.74) is 1.39. The van der Waals surface area contributed by atoms with E-state index in [1.165, 1.54) is 5.56 Å². The molecule has 0 saturated carbocycles. The zero-order chi connectivity index (χ0) is 12.4. The van der Waals surface area contributed by atoms with Gasteiger partial charge in [0.25, 0.3) is 0 Å². The van der Waals surface area contributed by atoms with Gasteiger partial charge in [-0.15, -0.1) is 0 Å². The number of hydrogen-bond donors (Lipinski definition) is 0. The van der Waals surface area contributed by atoms with Crippen molar-refractivity contribution in [3.05, 3.63) is 53.4 Å². The van der Waals surface area contributed by atoms with E-state index in [0.717, 1.165) is 25.3 Å². The summed E-state index contributed by atoms with van der Waals surface area (Å²) >= 11 is 6.08. The first-order chi connectivity index (χ1) is 8.84. The van der Waals surface area contributed by atoms with Crippen LogP contribution in [0.2, 0.25) is 5.15 Å². The number of hydrogen-bond acceptors (Lipinski definition) is 3. The van der Waals surface area contributed by atoms with Crippen LogP contribution in [-0.4, -0.2) is 23.1 Å². The molecule has 1 saturated heterocycles. The molecule has 92 valence electrons. The van der Waals surface area contributed by atoms with E-state index in [1.807, 2.05) is 0 Å². The van der Waals surface area contributed by atoms with Gasteiger partial charge in [-0.05, 0) is 12.0 Å². The zero-order valence-corrected chi connectivity index (χ0v) is 10.7. The van der Waals surface area contributed by atoms with Crippen molar-refractivity contribution in [2.24, 2.45) is 0 Å². The van der Waals surface area contributed by atoms with E-state index in [-0.39, 0.29) is 0 Å². The molecule has 3 nitrogen and oxygen atoms in total. The Morgan fingerprint density at radius 2 is 1.89 bits per heavy atom. The summed E-state index contributed by atoms with van der Waals surface area (Å²) in [5.74, 6) is 1.36. The normalized spacial score (nSPS) is 19.2. The lowest BCUT2D eigenvalue weighted by atomic mass is 9.99. The Bertz CT molecular complexity index is 530. The largest absolute Gasteiger partial charge is 0.353 e. The predicted octanol–water partition coefficient (Wildman–Crippen LogP) is 3.12. The quantitative estimate of drug-likeness (QED) is 0.830. The number of halogens is 1. The summed E-state index contributed by atoms with van der Waals surface area (Å²) in [5, 5.41) is 0.492. The monoisotopic (exact) mass is 259 g/mol. The molecule has 1 aliphatic rings. The second-order valence-electron chi connectivity index (χ2n) is 4.51. The Hall–Kier alpha value is -1.61. The van der Waals surface area contributed by atoms with Gasteiger partial charge in [0, 0.05) is 31.4 Å². The van der Waals surface area contributed by atoms with Crippen molar-refractivity contribution in [1.82, 2.24) is 9.97 Å². The summed E-state index contributed by atoms with van der Waals surface area (Å²) in [4.78, 5) is 10.6. The molecule has 1 fully saturated rings. The molecule has 1 aromatic carbocycles. The van der Waals surface area contributed by atoms with Gasteiger partial charge in [-0.3, -0.25) is 0 Å². The van der Waals surface area contributed by atoms with Crippen molar-refractivity contribution in [2.75, 3.05) is 18.0 Å². The average Bonchev–Trinajstić information content (AvgIpc) is 2.90. The Balaban J connectivity index is 1.78. The van der Waals surface area contributed by atoms with Crippen molar-refractivity contribution in [3.63, 3.8) is 0 Å². The van der Waals surface area contributed by atoms with Crippen LogP contribution in [0.4, 0.5) is 5.82 Å². The van der Waals surface area contributed by atoms with Gasteiger partial charge < -0.3 is 4.90 Å². The second-order valence-corrected chi connectivity index (χ2v) is 4.87. The minimum Gasteiger partial charge on any atom is -0.353 e. The number of nitrogens with zero attached hydrogens (tertiary/aromatic N) is 3. The third-order valence-corrected chi connectivity index (χ3v) is 3.66. The van der Waals surface area contributed by atoms with Crippen molar-refractivity contribution >= 4 is 17.4 Å². The standard InChI is InChI=1S/C14H14ClN3/c15-13-14(17-8-7-16-13)18-9-6-12(10-18)11-4-2-1-3-5-11/h1-5,7-8,12H,6,9-10H2. The molecule has 0 spiro atoms. The van der Waals surface area contributed by atoms with Crippen LogP contribution in [0.25, 0.3) is 0 Å². The molecule has 0 amide bonds. The van der Waals surface area contributed by atoms with Crippen molar-refractivity contribution in [2.45, 2.75) is 12.3 Å². The predicted molar refractivity (Wildman–Crippen MR) is 73.1 cm³/mol. The Morgan fingerprint density at radius 1 is 1.11 bits per heavy atom. The lowest BCUT2D eigenvalue weighted by Crippen LogP contribution is -2.21. The molecule has 4 heteroatoms. The molecule has 2 aromatic rings. The molecular formula is C14H14ClN3. The lowest BCUT2D eigenvalue weighted by Gasteiger charge is -2.18. The third-order valence-electron chi connectivity index (χ3n) is 3.39. The van der Waals surface area contributed by atoms with Gasteiger partial charge in [0.05, 0.1) is 0 Å². The molecule has 0 bridgehead atoms. The van der Waals surface area contributed by atoms with Crippen LogP contribution in [0, 0.1) is 0 Å². The van der Waals surface area contributed by atoms with E-state index in [1.54, 1.807) is 12.4 Å². The van der Waals surface area contributed by atoms with Crippen molar-refractivity contribution in [1.29, 1.82) is 0 Å². The van der Waals surface area contributed by atoms with E-state index < -0.39 is 0 Å². The average molecular weight is 260 g/mol. The first-order valence-electron chi connectivity index (χ1n) is 6.11. The number of benzene rings is 1. The minimum absolute atomic E-state index is 0.492. The molecule has 1 unspecified atom stereocenters. The number of aromatic nitrogens is 2. The smallest absolute Gasteiger partial charge is 0.171 e. The highest BCUT2D eigenvalue weighted by molar-refractivity contribution is 6.31. The van der Waals surface area contributed by atoms with E-state index in [2.05, 4.69) is 45.2 Å². The molecule has 2 heterocycles. The Labute approximate surface area is 111 Å². The molecule has 18 heavy (non-hydrogen) atoms. The number of anilines is 1. The van der Waals surface area contributed by atoms with Gasteiger partial charge in [-0.2, -0.15) is 0 Å². The van der Waals surface area contributed by atoms with Crippen molar-refractivity contribution < 1.29 is 0 Å². The second kappa shape index (κ2) is 4.94. The van der Waals surface area contributed by atoms with E-state index in [0.29, 0.717) is 11.1 Å². The topological polar surface area (TPSA) is 29.0 Å². The van der Waals surface area contributed by atoms with Gasteiger partial charge in [0.2, 0.25) is 0 Å². The first kappa shape index (κ1) is 11.5. The lowest BCUT2D eigenvalue weighted by molar-refractivity contribution is 0.774. The van der Waals surface area contributed by atoms with E-state index in [4.69, 9.17) is 11.6 Å². The molecule has 1 aromatic heterocycles. The molecule has 0 N–H and O–H groups in total. The molecular weight excluding hydrogens is 246 g/mol. The van der Waals surface area contributed by atoms with Gasteiger partial charge >= 0.3 is 0 Å². The van der Waals surface area contributed by atoms with Crippen LogP contribution in [0.5, 0.6) is 0 Å². The first-order valence-corrected chi connectivity index (χ1v) is 6.49. The van der Waals surface area contributed by atoms with Crippen LogP contribution in [-0.2, 0) is 0 Å². The van der Waals surface area contributed by atoms with E-state index in [9.17, 15) is 0 Å². The summed E-state index contributed by atoms with van der Waals surface area (Å²) in [7, 11) is 0. The highest BCUT2D eigenvalue weighted by atomic mass is 35.5. The summed E-state index contributed by atoms with van der Waals surface area (Å²) < 4.78 is 0. The van der Waals surface area contributed by atoms with Crippen LogP contribution in [0.15, 0.2) is 42.7 Å². The summed E-state index contributed by atoms with van der Waals surface area (Å²) in [6.07, 6.45) is 4.45. The molecule has 0 aliphatic carbocycles. The van der Waals surface area contributed by atoms with Crippen LogP contribution in [0.3, 0.4) is 0 Å². The van der Waals surface area contributed by atoms with Gasteiger partial charge in [0.15, 0.2) is 11.0 Å². The summed E-state index contributed by atoms with van der Waals surface area (Å²) in [6, 6.07) is 10.6. The van der Waals surface area contributed by atoms with Crippen LogP contribution < -0.4 is 4.90 Å². The van der Waals surface area contributed by atoms with Gasteiger partial charge in [-0.1, -0.05) is 41.9 Å². The third kappa shape index (κ3) is 2.18. The zero-order valence-electron chi connectivity index (χ0n) is 9.96. The molecule has 1 aliphatic heterocycles. The Morgan fingerprint density at radius 3 is 2.67 bits per heavy atom. The molecule has 0 radical (unpaired) electrons. The van der Waals surface area contributed by atoms with Crippen LogP contribution in [0.1, 0.15) is 17.9 Å². The van der Waals surface area contributed by atoms with Gasteiger partial charge in [-0.25, -0.2) is 9.97 Å². The maximum absolute atomic E-state index is 6.08. The van der Waals surface area contributed by atoms with E-state index >= 15 is 0 Å². The summed E-state index contributed by atoms with van der Waals surface area (Å²) in [6.45, 7) is 1.94. The Kier molecular flexibility index (Phi) is 3.15. The van der Waals surface area contributed by atoms with Crippen molar-refractivity contribution in [3.8, 4) is 0 Å². The maximum Gasteiger partial charge on any atom is 0.171 e. The number of rotatable bonds is 2. The molecule has 1 atom stereocenters. The fraction of sp³-hybridized carbons (Fsp3) is 0.286. The van der Waals surface area contributed by atoms with Crippen LogP contribution >= 0.6 is 11.6 Å². The fourth-order valence-electron chi connectivity index (χ4n) is 2.48. The SMILES string of the molecule is Clc1nccnc1N1CCC(c2ccccc2)C1. The molecule has 3 rings (SSSR count). The highest BCUT2D eigenvalue weighted by Gasteiger charge is 2.26.